The lowest BCUT2D eigenvalue weighted by molar-refractivity contribution is -0.168. The second kappa shape index (κ2) is 15.3. The third-order valence-electron chi connectivity index (χ3n) is 4.71. The van der Waals surface area contributed by atoms with Crippen LogP contribution in [0.4, 0.5) is 22.0 Å². The fraction of sp³-hybridized carbons (Fsp3) is 0.348. The van der Waals surface area contributed by atoms with E-state index in [1.807, 2.05) is 0 Å². The van der Waals surface area contributed by atoms with Crippen LogP contribution in [0.25, 0.3) is 0 Å². The van der Waals surface area contributed by atoms with Crippen LogP contribution in [0.5, 0.6) is 11.5 Å². The number of guanidine groups is 1. The van der Waals surface area contributed by atoms with E-state index < -0.39 is 56.3 Å². The molecule has 0 aromatic heterocycles. The van der Waals surface area contributed by atoms with Crippen molar-refractivity contribution >= 4 is 39.3 Å². The number of nitrogens with zero attached hydrogens (tertiary/aromatic N) is 1. The van der Waals surface area contributed by atoms with Crippen LogP contribution in [-0.4, -0.2) is 59.1 Å². The summed E-state index contributed by atoms with van der Waals surface area (Å²) in [6, 6.07) is 5.59. The van der Waals surface area contributed by atoms with E-state index in [1.165, 1.54) is 31.3 Å². The predicted molar refractivity (Wildman–Crippen MR) is 136 cm³/mol. The molecule has 0 amide bonds. The maximum Gasteiger partial charge on any atom is 0.449 e. The molecule has 0 aliphatic rings. The number of nitrogens with one attached hydrogen (secondary N) is 2. The van der Waals surface area contributed by atoms with E-state index in [2.05, 4.69) is 19.8 Å². The number of sulfonamides is 1. The Bertz CT molecular complexity index is 1280. The number of Topliss-reactive ketones (excluding diaryl/α,β-unsaturated/α-hetero) is 1. The van der Waals surface area contributed by atoms with Gasteiger partial charge in [-0.25, -0.2) is 17.2 Å². The van der Waals surface area contributed by atoms with Crippen molar-refractivity contribution in [3.05, 3.63) is 53.1 Å². The standard InChI is InChI=1S/C20H23ClF2N4O5S.C3H3F3O/c1-25-20(24)26-9-3-4-17(19(28)31-2)27-33(29,30)14-10-15(22)18(16(23)11-14)32-13-7-5-12(21)6-8-13;1-2(7)3(4,5)6/h5-8,10-11,17,27H,3-4,9H2,1-2H3,(H3,24,25,26);1H3/t17-;/m1./s1. The van der Waals surface area contributed by atoms with Crippen LogP contribution < -0.4 is 20.5 Å². The fourth-order valence-corrected chi connectivity index (χ4v) is 4.00. The van der Waals surface area contributed by atoms with E-state index in [-0.39, 0.29) is 18.1 Å². The van der Waals surface area contributed by atoms with Crippen molar-refractivity contribution in [1.82, 2.24) is 10.0 Å². The highest BCUT2D eigenvalue weighted by molar-refractivity contribution is 7.89. The molecule has 222 valence electrons. The number of ether oxygens (including phenoxy) is 2. The number of carbonyl (C=O) groups excluding carboxylic acids is 2. The van der Waals surface area contributed by atoms with Crippen LogP contribution >= 0.6 is 11.6 Å². The van der Waals surface area contributed by atoms with Crippen LogP contribution in [0.1, 0.15) is 19.8 Å². The molecule has 0 saturated heterocycles. The topological polar surface area (TPSA) is 149 Å². The van der Waals surface area contributed by atoms with E-state index in [0.29, 0.717) is 37.0 Å². The zero-order valence-corrected chi connectivity index (χ0v) is 22.9. The van der Waals surface area contributed by atoms with Gasteiger partial charge in [-0.1, -0.05) is 11.6 Å². The number of halogens is 6. The zero-order chi connectivity index (χ0) is 30.7. The van der Waals surface area contributed by atoms with Gasteiger partial charge in [0.25, 0.3) is 0 Å². The maximum atomic E-state index is 14.5. The fourth-order valence-electron chi connectivity index (χ4n) is 2.63. The molecule has 4 N–H and O–H groups in total. The molecule has 17 heteroatoms. The third kappa shape index (κ3) is 11.3. The summed E-state index contributed by atoms with van der Waals surface area (Å²) >= 11 is 5.76. The summed E-state index contributed by atoms with van der Waals surface area (Å²) in [6.45, 7) is 0.790. The highest BCUT2D eigenvalue weighted by Gasteiger charge is 2.33. The molecule has 1 atom stereocenters. The molecular weight excluding hydrogens is 591 g/mol. The quantitative estimate of drug-likeness (QED) is 0.120. The Kier molecular flexibility index (Phi) is 13.2. The molecule has 0 aliphatic heterocycles. The molecule has 0 saturated carbocycles. The molecule has 10 nitrogen and oxygen atoms in total. The van der Waals surface area contributed by atoms with E-state index in [0.717, 1.165) is 7.11 Å². The number of aliphatic imine (C=N–C) groups is 1. The van der Waals surface area contributed by atoms with Crippen LogP contribution in [0, 0.1) is 11.6 Å². The SMILES string of the molecule is CC(=O)C(F)(F)F.CN=C(N)NCCC[C@@H](NS(=O)(=O)c1cc(F)c(Oc2ccc(Cl)cc2)c(F)c1)C(=O)OC. The van der Waals surface area contributed by atoms with Gasteiger partial charge in [0, 0.05) is 25.5 Å². The summed E-state index contributed by atoms with van der Waals surface area (Å²) in [6.07, 6.45) is -4.30. The second-order valence-electron chi connectivity index (χ2n) is 7.70. The number of methoxy groups -OCH3 is 1. The lowest BCUT2D eigenvalue weighted by Crippen LogP contribution is -2.42. The third-order valence-corrected chi connectivity index (χ3v) is 6.42. The Morgan fingerprint density at radius 1 is 1.12 bits per heavy atom. The molecule has 0 heterocycles. The minimum absolute atomic E-state index is 0.0264. The van der Waals surface area contributed by atoms with Gasteiger partial charge in [0.05, 0.1) is 12.0 Å². The number of alkyl halides is 3. The lowest BCUT2D eigenvalue weighted by atomic mass is 10.2. The Morgan fingerprint density at radius 3 is 2.10 bits per heavy atom. The molecule has 2 aromatic rings. The van der Waals surface area contributed by atoms with Crippen molar-refractivity contribution < 1.29 is 49.4 Å². The van der Waals surface area contributed by atoms with Gasteiger partial charge >= 0.3 is 12.1 Å². The van der Waals surface area contributed by atoms with E-state index in [1.54, 1.807) is 0 Å². The molecular formula is C23H26ClF5N4O6S. The van der Waals surface area contributed by atoms with Gasteiger partial charge in [0.15, 0.2) is 23.3 Å². The van der Waals surface area contributed by atoms with Crippen molar-refractivity contribution in [3.8, 4) is 11.5 Å². The van der Waals surface area contributed by atoms with Crippen molar-refractivity contribution in [2.75, 3.05) is 20.7 Å². The number of ketones is 1. The highest BCUT2D eigenvalue weighted by Crippen LogP contribution is 2.30. The molecule has 0 radical (unpaired) electrons. The first kappa shape index (κ1) is 34.5. The molecule has 0 bridgehead atoms. The van der Waals surface area contributed by atoms with Crippen molar-refractivity contribution in [2.24, 2.45) is 10.7 Å². The molecule has 0 spiro atoms. The number of esters is 1. The average molecular weight is 617 g/mol. The van der Waals surface area contributed by atoms with Crippen molar-refractivity contribution in [3.63, 3.8) is 0 Å². The number of nitrogens with two attached hydrogens (primary N) is 1. The summed E-state index contributed by atoms with van der Waals surface area (Å²) in [5, 5.41) is 3.16. The molecule has 40 heavy (non-hydrogen) atoms. The summed E-state index contributed by atoms with van der Waals surface area (Å²) < 4.78 is 98.8. The molecule has 0 unspecified atom stereocenters. The molecule has 2 aromatic carbocycles. The normalized spacial score (nSPS) is 12.6. The first-order valence-electron chi connectivity index (χ1n) is 11.1. The van der Waals surface area contributed by atoms with Crippen LogP contribution in [0.3, 0.4) is 0 Å². The van der Waals surface area contributed by atoms with Gasteiger partial charge in [-0.3, -0.25) is 14.6 Å². The molecule has 0 aliphatic carbocycles. The number of carbonyl (C=O) groups is 2. The first-order chi connectivity index (χ1) is 18.5. The van der Waals surface area contributed by atoms with Crippen molar-refractivity contribution in [1.29, 1.82) is 0 Å². The Balaban J connectivity index is 0.00000101. The summed E-state index contributed by atoms with van der Waals surface area (Å²) in [5.74, 6) is -5.64. The Morgan fingerprint density at radius 2 is 1.65 bits per heavy atom. The number of hydrogen-bond acceptors (Lipinski definition) is 7. The minimum Gasteiger partial charge on any atom is -0.468 e. The van der Waals surface area contributed by atoms with Crippen LogP contribution in [-0.2, 0) is 24.3 Å². The largest absolute Gasteiger partial charge is 0.468 e. The van der Waals surface area contributed by atoms with Gasteiger partial charge in [0.2, 0.25) is 15.8 Å². The average Bonchev–Trinajstić information content (AvgIpc) is 2.88. The van der Waals surface area contributed by atoms with Crippen LogP contribution in [0.2, 0.25) is 5.02 Å². The summed E-state index contributed by atoms with van der Waals surface area (Å²) in [4.78, 5) is 24.3. The number of rotatable bonds is 10. The minimum atomic E-state index is -4.64. The monoisotopic (exact) mass is 616 g/mol. The van der Waals surface area contributed by atoms with Gasteiger partial charge < -0.3 is 20.5 Å². The zero-order valence-electron chi connectivity index (χ0n) is 21.3. The predicted octanol–water partition coefficient (Wildman–Crippen LogP) is 3.68. The van der Waals surface area contributed by atoms with Gasteiger partial charge in [-0.15, -0.1) is 0 Å². The molecule has 2 rings (SSSR count). The van der Waals surface area contributed by atoms with E-state index >= 15 is 0 Å². The number of hydrogen-bond donors (Lipinski definition) is 3. The Labute approximate surface area is 231 Å². The molecule has 0 fully saturated rings. The van der Waals surface area contributed by atoms with Gasteiger partial charge in [-0.05, 0) is 49.2 Å². The van der Waals surface area contributed by atoms with E-state index in [4.69, 9.17) is 22.1 Å². The van der Waals surface area contributed by atoms with Crippen molar-refractivity contribution in [2.45, 2.75) is 36.9 Å². The lowest BCUT2D eigenvalue weighted by Gasteiger charge is -2.17. The Hall–Kier alpha value is -3.50. The maximum absolute atomic E-state index is 14.5. The summed E-state index contributed by atoms with van der Waals surface area (Å²) in [7, 11) is -1.91. The second-order valence-corrected chi connectivity index (χ2v) is 9.85. The van der Waals surface area contributed by atoms with Crippen LogP contribution in [0.15, 0.2) is 46.3 Å². The smallest absolute Gasteiger partial charge is 0.449 e. The van der Waals surface area contributed by atoms with Gasteiger partial charge in [0.1, 0.15) is 11.8 Å². The van der Waals surface area contributed by atoms with Gasteiger partial charge in [-0.2, -0.15) is 17.9 Å². The highest BCUT2D eigenvalue weighted by atomic mass is 35.5. The van der Waals surface area contributed by atoms with E-state index in [9.17, 15) is 40.0 Å². The first-order valence-corrected chi connectivity index (χ1v) is 12.9. The summed E-state index contributed by atoms with van der Waals surface area (Å²) in [5.41, 5.74) is 5.50. The number of benzene rings is 2.